The average molecular weight is 246 g/mol. The lowest BCUT2D eigenvalue weighted by molar-refractivity contribution is 0.228. The van der Waals surface area contributed by atoms with Crippen LogP contribution in [0.4, 0.5) is 0 Å². The molecule has 0 radical (unpaired) electrons. The second-order valence-corrected chi connectivity index (χ2v) is 5.45. The minimum Gasteiger partial charge on any atom is -0.396 e. The zero-order chi connectivity index (χ0) is 13.4. The van der Waals surface area contributed by atoms with Crippen LogP contribution in [0, 0.1) is 5.92 Å². The highest BCUT2D eigenvalue weighted by atomic mass is 16.3. The molecule has 1 aromatic rings. The SMILES string of the molecule is CC(C)c1cccc(C=CCCC[C@@H](C)CO)c1. The van der Waals surface area contributed by atoms with Crippen molar-refractivity contribution >= 4 is 6.08 Å². The molecule has 1 atom stereocenters. The zero-order valence-corrected chi connectivity index (χ0v) is 11.9. The first-order chi connectivity index (χ1) is 8.63. The first-order valence-electron chi connectivity index (χ1n) is 7.01. The van der Waals surface area contributed by atoms with Gasteiger partial charge >= 0.3 is 0 Å². The Balaban J connectivity index is 2.40. The summed E-state index contributed by atoms with van der Waals surface area (Å²) in [6.07, 6.45) is 7.80. The van der Waals surface area contributed by atoms with E-state index >= 15 is 0 Å². The maximum atomic E-state index is 8.93. The zero-order valence-electron chi connectivity index (χ0n) is 11.9. The van der Waals surface area contributed by atoms with Gasteiger partial charge in [0.1, 0.15) is 0 Å². The third kappa shape index (κ3) is 5.50. The summed E-state index contributed by atoms with van der Waals surface area (Å²) in [6.45, 7) is 6.84. The first-order valence-corrected chi connectivity index (χ1v) is 7.01. The molecule has 0 spiro atoms. The van der Waals surface area contributed by atoms with Gasteiger partial charge in [-0.2, -0.15) is 0 Å². The second kappa shape index (κ2) is 8.10. The van der Waals surface area contributed by atoms with Crippen LogP contribution in [0.2, 0.25) is 0 Å². The van der Waals surface area contributed by atoms with E-state index in [4.69, 9.17) is 5.11 Å². The summed E-state index contributed by atoms with van der Waals surface area (Å²) in [5, 5.41) is 8.93. The summed E-state index contributed by atoms with van der Waals surface area (Å²) in [4.78, 5) is 0. The van der Waals surface area contributed by atoms with E-state index in [9.17, 15) is 0 Å². The minimum atomic E-state index is 0.306. The van der Waals surface area contributed by atoms with Crippen molar-refractivity contribution in [1.29, 1.82) is 0 Å². The van der Waals surface area contributed by atoms with Gasteiger partial charge in [0.05, 0.1) is 0 Å². The van der Waals surface area contributed by atoms with Gasteiger partial charge < -0.3 is 5.11 Å². The molecule has 100 valence electrons. The van der Waals surface area contributed by atoms with Gasteiger partial charge in [-0.3, -0.25) is 0 Å². The molecule has 0 heterocycles. The van der Waals surface area contributed by atoms with Crippen LogP contribution < -0.4 is 0 Å². The first kappa shape index (κ1) is 15.0. The van der Waals surface area contributed by atoms with Crippen LogP contribution >= 0.6 is 0 Å². The van der Waals surface area contributed by atoms with E-state index in [0.29, 0.717) is 18.4 Å². The van der Waals surface area contributed by atoms with Gasteiger partial charge in [-0.05, 0) is 42.2 Å². The molecule has 0 unspecified atom stereocenters. The lowest BCUT2D eigenvalue weighted by Gasteiger charge is -2.06. The number of hydrogen-bond donors (Lipinski definition) is 1. The number of hydrogen-bond acceptors (Lipinski definition) is 1. The largest absolute Gasteiger partial charge is 0.396 e. The minimum absolute atomic E-state index is 0.306. The van der Waals surface area contributed by atoms with Crippen LogP contribution in [0.25, 0.3) is 6.08 Å². The number of unbranched alkanes of at least 4 members (excludes halogenated alkanes) is 1. The maximum absolute atomic E-state index is 8.93. The van der Waals surface area contributed by atoms with E-state index in [0.717, 1.165) is 19.3 Å². The molecule has 0 saturated carbocycles. The fraction of sp³-hybridized carbons (Fsp3) is 0.529. The summed E-state index contributed by atoms with van der Waals surface area (Å²) in [7, 11) is 0. The van der Waals surface area contributed by atoms with Crippen LogP contribution in [0.1, 0.15) is 57.1 Å². The van der Waals surface area contributed by atoms with E-state index in [1.807, 2.05) is 0 Å². The third-order valence-corrected chi connectivity index (χ3v) is 3.27. The van der Waals surface area contributed by atoms with E-state index < -0.39 is 0 Å². The standard InChI is InChI=1S/C17H26O/c1-14(2)17-11-7-10-16(12-17)9-6-4-5-8-15(3)13-18/h6-7,9-12,14-15,18H,4-5,8,13H2,1-3H3/t15-/m1/s1. The third-order valence-electron chi connectivity index (χ3n) is 3.27. The lowest BCUT2D eigenvalue weighted by Crippen LogP contribution is -1.99. The molecule has 1 aromatic carbocycles. The molecular formula is C17H26O. The summed E-state index contributed by atoms with van der Waals surface area (Å²) >= 11 is 0. The number of benzene rings is 1. The van der Waals surface area contributed by atoms with Crippen molar-refractivity contribution in [1.82, 2.24) is 0 Å². The summed E-state index contributed by atoms with van der Waals surface area (Å²) in [6, 6.07) is 8.73. The van der Waals surface area contributed by atoms with Crippen molar-refractivity contribution in [2.45, 2.75) is 46.0 Å². The summed E-state index contributed by atoms with van der Waals surface area (Å²) in [5.74, 6) is 1.02. The fourth-order valence-electron chi connectivity index (χ4n) is 1.92. The Hall–Kier alpha value is -1.08. The van der Waals surface area contributed by atoms with Gasteiger partial charge in [-0.15, -0.1) is 0 Å². The van der Waals surface area contributed by atoms with Crippen LogP contribution in [0.15, 0.2) is 30.3 Å². The van der Waals surface area contributed by atoms with Crippen molar-refractivity contribution in [3.8, 4) is 0 Å². The monoisotopic (exact) mass is 246 g/mol. The van der Waals surface area contributed by atoms with Gasteiger partial charge in [0.2, 0.25) is 0 Å². The Labute approximate surface area is 112 Å². The number of aliphatic hydroxyl groups excluding tert-OH is 1. The molecule has 0 aliphatic carbocycles. The number of aliphatic hydroxyl groups is 1. The number of rotatable bonds is 7. The van der Waals surface area contributed by atoms with Crippen LogP contribution in [-0.2, 0) is 0 Å². The Morgan fingerprint density at radius 2 is 2.00 bits per heavy atom. The lowest BCUT2D eigenvalue weighted by atomic mass is 10.0. The molecule has 0 fully saturated rings. The molecule has 0 amide bonds. The molecule has 0 aliphatic heterocycles. The Kier molecular flexibility index (Phi) is 6.74. The Morgan fingerprint density at radius 3 is 2.67 bits per heavy atom. The van der Waals surface area contributed by atoms with Gasteiger partial charge in [0.25, 0.3) is 0 Å². The Morgan fingerprint density at radius 1 is 1.22 bits per heavy atom. The van der Waals surface area contributed by atoms with Crippen molar-refractivity contribution in [3.05, 3.63) is 41.5 Å². The van der Waals surface area contributed by atoms with Crippen LogP contribution in [-0.4, -0.2) is 11.7 Å². The summed E-state index contributed by atoms with van der Waals surface area (Å²) < 4.78 is 0. The van der Waals surface area contributed by atoms with Gasteiger partial charge in [0, 0.05) is 6.61 Å². The molecule has 0 aliphatic rings. The van der Waals surface area contributed by atoms with Gasteiger partial charge in [0.15, 0.2) is 0 Å². The quantitative estimate of drug-likeness (QED) is 0.696. The van der Waals surface area contributed by atoms with E-state index in [2.05, 4.69) is 57.2 Å². The van der Waals surface area contributed by atoms with Crippen molar-refractivity contribution in [2.24, 2.45) is 5.92 Å². The van der Waals surface area contributed by atoms with Crippen LogP contribution in [0.3, 0.4) is 0 Å². The molecule has 0 aromatic heterocycles. The molecular weight excluding hydrogens is 220 g/mol. The topological polar surface area (TPSA) is 20.2 Å². The molecule has 0 bridgehead atoms. The fourth-order valence-corrected chi connectivity index (χ4v) is 1.92. The van der Waals surface area contributed by atoms with Crippen molar-refractivity contribution in [2.75, 3.05) is 6.61 Å². The number of allylic oxidation sites excluding steroid dienone is 1. The average Bonchev–Trinajstić information content (AvgIpc) is 2.38. The molecule has 1 nitrogen and oxygen atoms in total. The smallest absolute Gasteiger partial charge is 0.0456 e. The molecule has 1 heteroatoms. The normalized spacial score (nSPS) is 13.4. The molecule has 1 rings (SSSR count). The van der Waals surface area contributed by atoms with E-state index in [1.165, 1.54) is 11.1 Å². The van der Waals surface area contributed by atoms with Crippen molar-refractivity contribution < 1.29 is 5.11 Å². The van der Waals surface area contributed by atoms with Gasteiger partial charge in [-0.25, -0.2) is 0 Å². The highest BCUT2D eigenvalue weighted by Gasteiger charge is 1.99. The second-order valence-electron chi connectivity index (χ2n) is 5.45. The Bertz CT molecular complexity index is 366. The van der Waals surface area contributed by atoms with Crippen LogP contribution in [0.5, 0.6) is 0 Å². The highest BCUT2D eigenvalue weighted by Crippen LogP contribution is 2.16. The maximum Gasteiger partial charge on any atom is 0.0456 e. The molecule has 0 saturated heterocycles. The van der Waals surface area contributed by atoms with Gasteiger partial charge in [-0.1, -0.05) is 57.2 Å². The van der Waals surface area contributed by atoms with Crippen molar-refractivity contribution in [3.63, 3.8) is 0 Å². The highest BCUT2D eigenvalue weighted by molar-refractivity contribution is 5.50. The molecule has 18 heavy (non-hydrogen) atoms. The molecule has 1 N–H and O–H groups in total. The summed E-state index contributed by atoms with van der Waals surface area (Å²) in [5.41, 5.74) is 2.68. The van der Waals surface area contributed by atoms with E-state index in [-0.39, 0.29) is 0 Å². The predicted octanol–water partition coefficient (Wildman–Crippen LogP) is 4.62. The van der Waals surface area contributed by atoms with E-state index in [1.54, 1.807) is 0 Å². The predicted molar refractivity (Wildman–Crippen MR) is 79.7 cm³/mol.